The van der Waals surface area contributed by atoms with Crippen LogP contribution in [-0.4, -0.2) is 20.6 Å². The Hall–Kier alpha value is -4.18. The molecule has 0 fully saturated rings. The van der Waals surface area contributed by atoms with E-state index in [2.05, 4.69) is 10.4 Å². The third kappa shape index (κ3) is 5.41. The lowest BCUT2D eigenvalue weighted by Gasteiger charge is -2.05. The maximum Gasteiger partial charge on any atom is 0.292 e. The van der Waals surface area contributed by atoms with Crippen molar-refractivity contribution < 1.29 is 23.3 Å². The third-order valence-electron chi connectivity index (χ3n) is 4.84. The van der Waals surface area contributed by atoms with Gasteiger partial charge in [0.1, 0.15) is 29.0 Å². The molecule has 2 aromatic carbocycles. The van der Waals surface area contributed by atoms with Crippen molar-refractivity contribution in [2.45, 2.75) is 20.1 Å². The number of nitro benzene ring substituents is 1. The smallest absolute Gasteiger partial charge is 0.292 e. The highest BCUT2D eigenvalue weighted by molar-refractivity contribution is 6.33. The van der Waals surface area contributed by atoms with Crippen LogP contribution in [0.2, 0.25) is 5.02 Å². The maximum atomic E-state index is 13.1. The number of halogens is 2. The monoisotopic (exact) mass is 484 g/mol. The Labute approximate surface area is 197 Å². The summed E-state index contributed by atoms with van der Waals surface area (Å²) < 4.78 is 25.7. The molecule has 0 saturated heterocycles. The first-order valence-corrected chi connectivity index (χ1v) is 10.4. The number of anilines is 1. The van der Waals surface area contributed by atoms with Crippen molar-refractivity contribution in [3.63, 3.8) is 0 Å². The molecule has 0 aliphatic rings. The van der Waals surface area contributed by atoms with Gasteiger partial charge >= 0.3 is 0 Å². The standard InChI is InChI=1S/C23H18ClFN4O5/c1-14-10-17(6-8-20(14)29(31)32)33-13-18-7-9-21(34-18)23(30)26-22-19(24)12-28(27-22)11-15-2-4-16(25)5-3-15/h2-10,12H,11,13H2,1H3,(H,26,27,30). The summed E-state index contributed by atoms with van der Waals surface area (Å²) in [6.45, 7) is 1.99. The Morgan fingerprint density at radius 2 is 2.00 bits per heavy atom. The third-order valence-corrected chi connectivity index (χ3v) is 5.11. The predicted octanol–water partition coefficient (Wildman–Crippen LogP) is 5.36. The lowest BCUT2D eigenvalue weighted by Crippen LogP contribution is -2.12. The largest absolute Gasteiger partial charge is 0.486 e. The minimum Gasteiger partial charge on any atom is -0.486 e. The van der Waals surface area contributed by atoms with E-state index in [9.17, 15) is 19.3 Å². The van der Waals surface area contributed by atoms with Crippen LogP contribution in [0, 0.1) is 22.9 Å². The topological polar surface area (TPSA) is 112 Å². The molecule has 34 heavy (non-hydrogen) atoms. The quantitative estimate of drug-likeness (QED) is 0.266. The first kappa shape index (κ1) is 23.0. The Morgan fingerprint density at radius 3 is 2.71 bits per heavy atom. The van der Waals surface area contributed by atoms with Gasteiger partial charge in [-0.1, -0.05) is 23.7 Å². The number of nitrogens with one attached hydrogen (secondary N) is 1. The zero-order chi connectivity index (χ0) is 24.2. The lowest BCUT2D eigenvalue weighted by molar-refractivity contribution is -0.385. The van der Waals surface area contributed by atoms with Gasteiger partial charge in [-0.25, -0.2) is 4.39 Å². The molecule has 0 aliphatic heterocycles. The molecule has 0 atom stereocenters. The van der Waals surface area contributed by atoms with Crippen LogP contribution in [-0.2, 0) is 13.2 Å². The molecular formula is C23H18ClFN4O5. The fraction of sp³-hybridized carbons (Fsp3) is 0.130. The van der Waals surface area contributed by atoms with E-state index >= 15 is 0 Å². The zero-order valence-corrected chi connectivity index (χ0v) is 18.6. The highest BCUT2D eigenvalue weighted by atomic mass is 35.5. The molecule has 0 unspecified atom stereocenters. The lowest BCUT2D eigenvalue weighted by atomic mass is 10.2. The Balaban J connectivity index is 1.36. The van der Waals surface area contributed by atoms with Crippen LogP contribution in [0.15, 0.2) is 65.2 Å². The normalized spacial score (nSPS) is 10.8. The van der Waals surface area contributed by atoms with Gasteiger partial charge in [-0.2, -0.15) is 5.10 Å². The van der Waals surface area contributed by atoms with Gasteiger partial charge in [0, 0.05) is 17.8 Å². The molecule has 1 amide bonds. The summed E-state index contributed by atoms with van der Waals surface area (Å²) >= 11 is 6.18. The summed E-state index contributed by atoms with van der Waals surface area (Å²) in [7, 11) is 0. The van der Waals surface area contributed by atoms with Crippen molar-refractivity contribution in [2.24, 2.45) is 0 Å². The number of nitrogens with zero attached hydrogens (tertiary/aromatic N) is 3. The molecule has 2 aromatic heterocycles. The second kappa shape index (κ2) is 9.75. The average molecular weight is 485 g/mol. The van der Waals surface area contributed by atoms with Crippen molar-refractivity contribution in [1.29, 1.82) is 0 Å². The molecular weight excluding hydrogens is 467 g/mol. The molecule has 0 saturated carbocycles. The summed E-state index contributed by atoms with van der Waals surface area (Å²) in [4.78, 5) is 23.0. The maximum absolute atomic E-state index is 13.1. The number of nitro groups is 1. The highest BCUT2D eigenvalue weighted by Crippen LogP contribution is 2.24. The molecule has 0 spiro atoms. The van der Waals surface area contributed by atoms with Gasteiger partial charge in [0.05, 0.1) is 11.5 Å². The van der Waals surface area contributed by atoms with Gasteiger partial charge in [-0.05, 0) is 48.9 Å². The SMILES string of the molecule is Cc1cc(OCc2ccc(C(=O)Nc3nn(Cc4ccc(F)cc4)cc3Cl)o2)ccc1[N+](=O)[O-]. The number of aryl methyl sites for hydroxylation is 1. The number of hydrogen-bond donors (Lipinski definition) is 1. The van der Waals surface area contributed by atoms with Crippen LogP contribution in [0.5, 0.6) is 5.75 Å². The summed E-state index contributed by atoms with van der Waals surface area (Å²) in [5, 5.41) is 18.0. The number of ether oxygens (including phenoxy) is 1. The van der Waals surface area contributed by atoms with E-state index in [1.54, 1.807) is 37.4 Å². The molecule has 1 N–H and O–H groups in total. The minimum atomic E-state index is -0.550. The number of benzene rings is 2. The fourth-order valence-corrected chi connectivity index (χ4v) is 3.36. The Kier molecular flexibility index (Phi) is 6.60. The molecule has 0 radical (unpaired) electrons. The second-order valence-corrected chi connectivity index (χ2v) is 7.77. The zero-order valence-electron chi connectivity index (χ0n) is 17.8. The number of amides is 1. The van der Waals surface area contributed by atoms with Crippen molar-refractivity contribution in [3.8, 4) is 5.75 Å². The van der Waals surface area contributed by atoms with Crippen molar-refractivity contribution in [3.05, 3.63) is 104 Å². The fourth-order valence-electron chi connectivity index (χ4n) is 3.16. The van der Waals surface area contributed by atoms with Gasteiger partial charge in [-0.3, -0.25) is 19.6 Å². The second-order valence-electron chi connectivity index (χ2n) is 7.36. The molecule has 4 rings (SSSR count). The molecule has 2 heterocycles. The van der Waals surface area contributed by atoms with Gasteiger partial charge < -0.3 is 14.5 Å². The number of aromatic nitrogens is 2. The van der Waals surface area contributed by atoms with Crippen LogP contribution in [0.25, 0.3) is 0 Å². The van der Waals surface area contributed by atoms with Gasteiger partial charge in [0.2, 0.25) is 0 Å². The van der Waals surface area contributed by atoms with Crippen LogP contribution in [0.3, 0.4) is 0 Å². The Bertz CT molecular complexity index is 1350. The summed E-state index contributed by atoms with van der Waals surface area (Å²) in [6, 6.07) is 13.4. The van der Waals surface area contributed by atoms with Gasteiger partial charge in [0.25, 0.3) is 11.6 Å². The number of carbonyl (C=O) groups is 1. The predicted molar refractivity (Wildman–Crippen MR) is 122 cm³/mol. The molecule has 0 bridgehead atoms. The van der Waals surface area contributed by atoms with Crippen LogP contribution in [0.1, 0.15) is 27.4 Å². The first-order chi connectivity index (χ1) is 16.3. The van der Waals surface area contributed by atoms with E-state index in [0.29, 0.717) is 23.6 Å². The van der Waals surface area contributed by atoms with Gasteiger partial charge in [0.15, 0.2) is 11.6 Å². The van der Waals surface area contributed by atoms with Crippen molar-refractivity contribution in [2.75, 3.05) is 5.32 Å². The Morgan fingerprint density at radius 1 is 1.24 bits per heavy atom. The van der Waals surface area contributed by atoms with E-state index in [0.717, 1.165) is 5.56 Å². The van der Waals surface area contributed by atoms with Gasteiger partial charge in [-0.15, -0.1) is 0 Å². The van der Waals surface area contributed by atoms with Crippen LogP contribution in [0.4, 0.5) is 15.9 Å². The van der Waals surface area contributed by atoms with Crippen molar-refractivity contribution >= 4 is 29.0 Å². The minimum absolute atomic E-state index is 0.00285. The van der Waals surface area contributed by atoms with E-state index < -0.39 is 10.8 Å². The molecule has 174 valence electrons. The number of furan rings is 1. The van der Waals surface area contributed by atoms with E-state index in [-0.39, 0.29) is 34.7 Å². The molecule has 11 heteroatoms. The van der Waals surface area contributed by atoms with Crippen LogP contribution < -0.4 is 10.1 Å². The molecule has 0 aliphatic carbocycles. The summed E-state index contributed by atoms with van der Waals surface area (Å²) in [5.74, 6) is 0.123. The number of rotatable bonds is 8. The molecule has 9 nitrogen and oxygen atoms in total. The number of carbonyl (C=O) groups excluding carboxylic acids is 1. The average Bonchev–Trinajstić information content (AvgIpc) is 3.40. The first-order valence-electron chi connectivity index (χ1n) is 10.0. The van der Waals surface area contributed by atoms with Crippen molar-refractivity contribution in [1.82, 2.24) is 9.78 Å². The van der Waals surface area contributed by atoms with E-state index in [1.165, 1.54) is 35.0 Å². The van der Waals surface area contributed by atoms with E-state index in [1.807, 2.05) is 0 Å². The molecule has 4 aromatic rings. The highest BCUT2D eigenvalue weighted by Gasteiger charge is 2.17. The summed E-state index contributed by atoms with van der Waals surface area (Å²) in [5.41, 5.74) is 1.29. The summed E-state index contributed by atoms with van der Waals surface area (Å²) in [6.07, 6.45) is 1.55. The number of hydrogen-bond acceptors (Lipinski definition) is 6. The van der Waals surface area contributed by atoms with E-state index in [4.69, 9.17) is 20.8 Å². The van der Waals surface area contributed by atoms with Crippen LogP contribution >= 0.6 is 11.6 Å².